The Balaban J connectivity index is 1.98. The predicted octanol–water partition coefficient (Wildman–Crippen LogP) is 3.47. The zero-order valence-electron chi connectivity index (χ0n) is 15.4. The van der Waals surface area contributed by atoms with Gasteiger partial charge in [-0.1, -0.05) is 29.3 Å². The molecule has 2 aromatic rings. The van der Waals surface area contributed by atoms with Crippen LogP contribution in [0.3, 0.4) is 0 Å². The van der Waals surface area contributed by atoms with Crippen LogP contribution in [-0.4, -0.2) is 41.0 Å². The maximum Gasteiger partial charge on any atom is 0.329 e. The maximum atomic E-state index is 12.5. The van der Waals surface area contributed by atoms with Gasteiger partial charge in [-0.05, 0) is 43.7 Å². The molecule has 0 radical (unpaired) electrons. The molecule has 1 fully saturated rings. The van der Waals surface area contributed by atoms with Crippen molar-refractivity contribution in [1.29, 1.82) is 0 Å². The van der Waals surface area contributed by atoms with Crippen molar-refractivity contribution in [2.24, 2.45) is 0 Å². The number of methoxy groups -OCH3 is 1. The van der Waals surface area contributed by atoms with Gasteiger partial charge in [0.05, 0.1) is 22.8 Å². The number of nitrogens with zero attached hydrogens (tertiary/aromatic N) is 2. The average molecular weight is 422 g/mol. The van der Waals surface area contributed by atoms with Crippen molar-refractivity contribution in [3.63, 3.8) is 0 Å². The average Bonchev–Trinajstić information content (AvgIpc) is 3.07. The Morgan fingerprint density at radius 2 is 1.96 bits per heavy atom. The van der Waals surface area contributed by atoms with Gasteiger partial charge in [0.1, 0.15) is 12.2 Å². The smallest absolute Gasteiger partial charge is 0.329 e. The quantitative estimate of drug-likeness (QED) is 0.465. The second kappa shape index (κ2) is 7.69. The minimum Gasteiger partial charge on any atom is -0.468 e. The summed E-state index contributed by atoms with van der Waals surface area (Å²) in [5, 5.41) is 3.33. The normalized spacial score (nSPS) is 15.3. The summed E-state index contributed by atoms with van der Waals surface area (Å²) in [5.74, 6) is -1.28. The van der Waals surface area contributed by atoms with Gasteiger partial charge in [-0.3, -0.25) is 9.59 Å². The summed E-state index contributed by atoms with van der Waals surface area (Å²) >= 11 is 12.5. The first-order valence-corrected chi connectivity index (χ1v) is 9.05. The minimum atomic E-state index is -0.682. The molecule has 2 heterocycles. The van der Waals surface area contributed by atoms with Crippen molar-refractivity contribution < 1.29 is 19.1 Å². The summed E-state index contributed by atoms with van der Waals surface area (Å²) in [4.78, 5) is 36.7. The standard InChI is InChI=1S/C19H17Cl2N3O4/c1-10-7-12(11(2)24(10)15-6-4-5-13(20)17(15)21)8-14-18(26)23(19(27)22-14)9-16(25)28-3/h4-8H,9H2,1-3H3,(H,22,27)/b14-8+. The van der Waals surface area contributed by atoms with Crippen molar-refractivity contribution >= 4 is 47.2 Å². The summed E-state index contributed by atoms with van der Waals surface area (Å²) in [7, 11) is 1.19. The Morgan fingerprint density at radius 1 is 1.25 bits per heavy atom. The van der Waals surface area contributed by atoms with E-state index in [4.69, 9.17) is 23.2 Å². The Hall–Kier alpha value is -2.77. The number of halogens is 2. The van der Waals surface area contributed by atoms with Crippen LogP contribution in [0.15, 0.2) is 30.0 Å². The molecule has 1 aliphatic heterocycles. The van der Waals surface area contributed by atoms with Gasteiger partial charge in [0, 0.05) is 11.4 Å². The fourth-order valence-electron chi connectivity index (χ4n) is 3.03. The number of carbonyl (C=O) groups excluding carboxylic acids is 3. The number of aromatic nitrogens is 1. The fourth-order valence-corrected chi connectivity index (χ4v) is 3.41. The molecule has 0 aliphatic carbocycles. The van der Waals surface area contributed by atoms with E-state index in [-0.39, 0.29) is 5.70 Å². The monoisotopic (exact) mass is 421 g/mol. The number of amides is 3. The number of nitrogens with one attached hydrogen (secondary N) is 1. The molecule has 0 atom stereocenters. The summed E-state index contributed by atoms with van der Waals surface area (Å²) in [6, 6.07) is 6.53. The number of hydrogen-bond donors (Lipinski definition) is 1. The topological polar surface area (TPSA) is 80.6 Å². The van der Waals surface area contributed by atoms with Crippen molar-refractivity contribution in [2.75, 3.05) is 13.7 Å². The van der Waals surface area contributed by atoms with Crippen molar-refractivity contribution in [2.45, 2.75) is 13.8 Å². The zero-order valence-corrected chi connectivity index (χ0v) is 16.9. The van der Waals surface area contributed by atoms with Gasteiger partial charge in [0.15, 0.2) is 0 Å². The molecule has 1 N–H and O–H groups in total. The molecule has 28 heavy (non-hydrogen) atoms. The van der Waals surface area contributed by atoms with Gasteiger partial charge in [0.25, 0.3) is 5.91 Å². The van der Waals surface area contributed by atoms with E-state index < -0.39 is 24.5 Å². The maximum absolute atomic E-state index is 12.5. The van der Waals surface area contributed by atoms with Crippen LogP contribution in [0.1, 0.15) is 17.0 Å². The summed E-state index contributed by atoms with van der Waals surface area (Å²) < 4.78 is 6.42. The second-order valence-electron chi connectivity index (χ2n) is 6.19. The highest BCUT2D eigenvalue weighted by atomic mass is 35.5. The first-order chi connectivity index (χ1) is 13.2. The molecule has 3 rings (SSSR count). The molecule has 0 spiro atoms. The van der Waals surface area contributed by atoms with Crippen LogP contribution in [-0.2, 0) is 14.3 Å². The third-order valence-electron chi connectivity index (χ3n) is 4.42. The Morgan fingerprint density at radius 3 is 2.64 bits per heavy atom. The molecule has 1 aromatic heterocycles. The molecular formula is C19H17Cl2N3O4. The van der Waals surface area contributed by atoms with Crippen LogP contribution in [0.5, 0.6) is 0 Å². The molecule has 0 saturated carbocycles. The first kappa shape index (κ1) is 20.0. The fraction of sp³-hybridized carbons (Fsp3) is 0.211. The number of urea groups is 1. The number of aryl methyl sites for hydroxylation is 1. The van der Waals surface area contributed by atoms with Gasteiger partial charge < -0.3 is 14.6 Å². The third kappa shape index (κ3) is 3.50. The van der Waals surface area contributed by atoms with E-state index in [1.807, 2.05) is 30.5 Å². The van der Waals surface area contributed by atoms with E-state index in [0.29, 0.717) is 15.7 Å². The molecule has 9 heteroatoms. The van der Waals surface area contributed by atoms with Crippen LogP contribution in [0.4, 0.5) is 4.79 Å². The first-order valence-electron chi connectivity index (χ1n) is 8.29. The zero-order chi connectivity index (χ0) is 20.6. The number of imide groups is 1. The molecule has 1 aliphatic rings. The Bertz CT molecular complexity index is 1030. The lowest BCUT2D eigenvalue weighted by molar-refractivity contribution is -0.143. The van der Waals surface area contributed by atoms with Gasteiger partial charge >= 0.3 is 12.0 Å². The summed E-state index contributed by atoms with van der Waals surface area (Å²) in [6.07, 6.45) is 1.56. The van der Waals surface area contributed by atoms with Gasteiger partial charge in [-0.15, -0.1) is 0 Å². The summed E-state index contributed by atoms with van der Waals surface area (Å²) in [6.45, 7) is 3.31. The van der Waals surface area contributed by atoms with Gasteiger partial charge in [0.2, 0.25) is 0 Å². The lowest BCUT2D eigenvalue weighted by Crippen LogP contribution is -2.36. The largest absolute Gasteiger partial charge is 0.468 e. The lowest BCUT2D eigenvalue weighted by atomic mass is 10.2. The molecule has 1 saturated heterocycles. The van der Waals surface area contributed by atoms with E-state index in [0.717, 1.165) is 21.9 Å². The molecule has 3 amide bonds. The second-order valence-corrected chi connectivity index (χ2v) is 6.98. The molecule has 7 nitrogen and oxygen atoms in total. The number of rotatable bonds is 4. The highest BCUT2D eigenvalue weighted by Crippen LogP contribution is 2.32. The predicted molar refractivity (Wildman–Crippen MR) is 106 cm³/mol. The molecule has 1 aromatic carbocycles. The summed E-state index contributed by atoms with van der Waals surface area (Å²) in [5.41, 5.74) is 3.19. The van der Waals surface area contributed by atoms with E-state index in [9.17, 15) is 14.4 Å². The Labute approximate surface area is 171 Å². The highest BCUT2D eigenvalue weighted by Gasteiger charge is 2.35. The van der Waals surface area contributed by atoms with Crippen LogP contribution < -0.4 is 5.32 Å². The molecule has 0 bridgehead atoms. The van der Waals surface area contributed by atoms with E-state index in [2.05, 4.69) is 10.1 Å². The lowest BCUT2D eigenvalue weighted by Gasteiger charge is -2.12. The van der Waals surface area contributed by atoms with Gasteiger partial charge in [-0.25, -0.2) is 9.69 Å². The number of benzene rings is 1. The van der Waals surface area contributed by atoms with E-state index in [1.54, 1.807) is 18.2 Å². The molecule has 146 valence electrons. The van der Waals surface area contributed by atoms with Crippen molar-refractivity contribution in [3.05, 3.63) is 57.0 Å². The van der Waals surface area contributed by atoms with Crippen molar-refractivity contribution in [3.8, 4) is 5.69 Å². The van der Waals surface area contributed by atoms with E-state index in [1.165, 1.54) is 7.11 Å². The highest BCUT2D eigenvalue weighted by molar-refractivity contribution is 6.43. The van der Waals surface area contributed by atoms with Crippen molar-refractivity contribution in [1.82, 2.24) is 14.8 Å². The number of esters is 1. The van der Waals surface area contributed by atoms with Gasteiger partial charge in [-0.2, -0.15) is 0 Å². The van der Waals surface area contributed by atoms with Crippen LogP contribution in [0, 0.1) is 13.8 Å². The van der Waals surface area contributed by atoms with Crippen LogP contribution >= 0.6 is 23.2 Å². The molecular weight excluding hydrogens is 405 g/mol. The Kier molecular flexibility index (Phi) is 5.49. The van der Waals surface area contributed by atoms with Crippen LogP contribution in [0.2, 0.25) is 10.0 Å². The minimum absolute atomic E-state index is 0.0753. The number of carbonyl (C=O) groups is 3. The van der Waals surface area contributed by atoms with E-state index >= 15 is 0 Å². The third-order valence-corrected chi connectivity index (χ3v) is 5.23. The molecule has 0 unspecified atom stereocenters. The van der Waals surface area contributed by atoms with Crippen LogP contribution in [0.25, 0.3) is 11.8 Å². The SMILES string of the molecule is COC(=O)CN1C(=O)N/C(=C/c2cc(C)n(-c3cccc(Cl)c3Cl)c2C)C1=O. The number of hydrogen-bond acceptors (Lipinski definition) is 4. The number of ether oxygens (including phenoxy) is 1.